The molecule has 2 aromatic carbocycles. The number of nitrogens with one attached hydrogen (secondary N) is 1. The topological polar surface area (TPSA) is 58.6 Å². The Labute approximate surface area is 168 Å². The molecule has 5 nitrogen and oxygen atoms in total. The highest BCUT2D eigenvalue weighted by Gasteiger charge is 2.24. The lowest BCUT2D eigenvalue weighted by molar-refractivity contribution is -0.134. The molecule has 7 heteroatoms. The summed E-state index contributed by atoms with van der Waals surface area (Å²) in [6.07, 6.45) is 1.39. The lowest BCUT2D eigenvalue weighted by atomic mass is 10.0. The van der Waals surface area contributed by atoms with Gasteiger partial charge in [-0.05, 0) is 49.2 Å². The van der Waals surface area contributed by atoms with Crippen LogP contribution in [0.15, 0.2) is 48.5 Å². The third-order valence-electron chi connectivity index (χ3n) is 4.48. The van der Waals surface area contributed by atoms with Gasteiger partial charge in [0.05, 0.1) is 10.6 Å². The highest BCUT2D eigenvalue weighted by molar-refractivity contribution is 6.33. The van der Waals surface area contributed by atoms with Gasteiger partial charge in [-0.25, -0.2) is 0 Å². The van der Waals surface area contributed by atoms with E-state index in [-0.39, 0.29) is 24.5 Å². The van der Waals surface area contributed by atoms with E-state index < -0.39 is 0 Å². The first-order valence-corrected chi connectivity index (χ1v) is 9.50. The van der Waals surface area contributed by atoms with Crippen molar-refractivity contribution in [1.29, 1.82) is 0 Å². The lowest BCUT2D eigenvalue weighted by Gasteiger charge is -2.32. The Morgan fingerprint density at radius 1 is 1.04 bits per heavy atom. The number of benzene rings is 2. The van der Waals surface area contributed by atoms with Crippen molar-refractivity contribution in [2.75, 3.05) is 19.7 Å². The standard InChI is InChI=1S/C20H20Cl2N2O3/c21-14-5-7-16(8-6-14)27-13-19(25)24-11-9-15(10-12-24)23-20(26)17-3-1-2-4-18(17)22/h1-8,15H,9-13H2,(H,23,26). The average Bonchev–Trinajstić information content (AvgIpc) is 2.68. The molecule has 0 spiro atoms. The maximum atomic E-state index is 12.3. The fraction of sp³-hybridized carbons (Fsp3) is 0.300. The molecule has 0 bridgehead atoms. The summed E-state index contributed by atoms with van der Waals surface area (Å²) in [7, 11) is 0. The Bertz CT molecular complexity index is 803. The second-order valence-corrected chi connectivity index (χ2v) is 7.19. The third kappa shape index (κ3) is 5.37. The van der Waals surface area contributed by atoms with E-state index in [1.807, 2.05) is 0 Å². The number of nitrogens with zero attached hydrogens (tertiary/aromatic N) is 1. The molecule has 0 aromatic heterocycles. The maximum Gasteiger partial charge on any atom is 0.260 e. The van der Waals surface area contributed by atoms with Crippen molar-refractivity contribution in [3.63, 3.8) is 0 Å². The summed E-state index contributed by atoms with van der Waals surface area (Å²) in [5, 5.41) is 4.05. The van der Waals surface area contributed by atoms with Crippen molar-refractivity contribution >= 4 is 35.0 Å². The summed E-state index contributed by atoms with van der Waals surface area (Å²) in [4.78, 5) is 26.4. The highest BCUT2D eigenvalue weighted by Crippen LogP contribution is 2.18. The Kier molecular flexibility index (Phi) is 6.58. The summed E-state index contributed by atoms with van der Waals surface area (Å²) < 4.78 is 5.50. The number of carbonyl (C=O) groups is 2. The molecule has 2 amide bonds. The van der Waals surface area contributed by atoms with Gasteiger partial charge in [0.15, 0.2) is 6.61 Å². The monoisotopic (exact) mass is 406 g/mol. The number of likely N-dealkylation sites (tertiary alicyclic amines) is 1. The highest BCUT2D eigenvalue weighted by atomic mass is 35.5. The predicted octanol–water partition coefficient (Wildman–Crippen LogP) is 3.79. The zero-order valence-corrected chi connectivity index (χ0v) is 16.2. The largest absolute Gasteiger partial charge is 0.484 e. The van der Waals surface area contributed by atoms with Crippen molar-refractivity contribution in [2.24, 2.45) is 0 Å². The number of amides is 2. The summed E-state index contributed by atoms with van der Waals surface area (Å²) in [5.74, 6) is 0.354. The van der Waals surface area contributed by atoms with Crippen molar-refractivity contribution in [2.45, 2.75) is 18.9 Å². The first kappa shape index (κ1) is 19.5. The first-order valence-electron chi connectivity index (χ1n) is 8.74. The van der Waals surface area contributed by atoms with Gasteiger partial charge in [-0.3, -0.25) is 9.59 Å². The average molecular weight is 407 g/mol. The quantitative estimate of drug-likeness (QED) is 0.821. The Morgan fingerprint density at radius 3 is 2.37 bits per heavy atom. The van der Waals surface area contributed by atoms with Gasteiger partial charge in [-0.2, -0.15) is 0 Å². The molecule has 1 N–H and O–H groups in total. The molecule has 1 fully saturated rings. The van der Waals surface area contributed by atoms with Gasteiger partial charge >= 0.3 is 0 Å². The Balaban J connectivity index is 1.44. The predicted molar refractivity (Wildman–Crippen MR) is 105 cm³/mol. The van der Waals surface area contributed by atoms with Crippen LogP contribution in [0.4, 0.5) is 0 Å². The fourth-order valence-corrected chi connectivity index (χ4v) is 3.30. The number of halogens is 2. The van der Waals surface area contributed by atoms with E-state index in [9.17, 15) is 9.59 Å². The summed E-state index contributed by atoms with van der Waals surface area (Å²) in [6.45, 7) is 1.14. The van der Waals surface area contributed by atoms with Crippen LogP contribution in [0.25, 0.3) is 0 Å². The fourth-order valence-electron chi connectivity index (χ4n) is 2.95. The van der Waals surface area contributed by atoms with Crippen LogP contribution in [-0.4, -0.2) is 42.5 Å². The van der Waals surface area contributed by atoms with Gasteiger partial charge in [0.2, 0.25) is 0 Å². The molecular formula is C20H20Cl2N2O3. The first-order chi connectivity index (χ1) is 13.0. The molecule has 1 aliphatic rings. The zero-order valence-electron chi connectivity index (χ0n) is 14.7. The van der Waals surface area contributed by atoms with Gasteiger partial charge in [0.25, 0.3) is 11.8 Å². The van der Waals surface area contributed by atoms with E-state index in [2.05, 4.69) is 5.32 Å². The SMILES string of the molecule is O=C(NC1CCN(C(=O)COc2ccc(Cl)cc2)CC1)c1ccccc1Cl. The molecule has 1 saturated heterocycles. The van der Waals surface area contributed by atoms with Gasteiger partial charge in [0.1, 0.15) is 5.75 Å². The smallest absolute Gasteiger partial charge is 0.260 e. The van der Waals surface area contributed by atoms with E-state index >= 15 is 0 Å². The van der Waals surface area contributed by atoms with E-state index in [0.29, 0.717) is 47.3 Å². The molecule has 0 radical (unpaired) electrons. The lowest BCUT2D eigenvalue weighted by Crippen LogP contribution is -2.47. The summed E-state index contributed by atoms with van der Waals surface area (Å²) in [6, 6.07) is 13.9. The van der Waals surface area contributed by atoms with Crippen molar-refractivity contribution < 1.29 is 14.3 Å². The summed E-state index contributed by atoms with van der Waals surface area (Å²) in [5.41, 5.74) is 0.467. The number of hydrogen-bond donors (Lipinski definition) is 1. The maximum absolute atomic E-state index is 12.3. The normalized spacial score (nSPS) is 14.7. The molecule has 2 aromatic rings. The Morgan fingerprint density at radius 2 is 1.70 bits per heavy atom. The van der Waals surface area contributed by atoms with Crippen LogP contribution in [0.1, 0.15) is 23.2 Å². The van der Waals surface area contributed by atoms with Crippen LogP contribution in [0.3, 0.4) is 0 Å². The third-order valence-corrected chi connectivity index (χ3v) is 5.06. The van der Waals surface area contributed by atoms with Gasteiger partial charge in [-0.15, -0.1) is 0 Å². The molecule has 0 atom stereocenters. The molecule has 0 saturated carbocycles. The number of hydrogen-bond acceptors (Lipinski definition) is 3. The molecule has 0 unspecified atom stereocenters. The number of ether oxygens (including phenoxy) is 1. The number of piperidine rings is 1. The van der Waals surface area contributed by atoms with Crippen molar-refractivity contribution in [3.05, 3.63) is 64.1 Å². The van der Waals surface area contributed by atoms with Crippen LogP contribution in [0.2, 0.25) is 10.0 Å². The zero-order chi connectivity index (χ0) is 19.2. The second-order valence-electron chi connectivity index (χ2n) is 6.35. The molecule has 0 aliphatic carbocycles. The number of rotatable bonds is 5. The minimum atomic E-state index is -0.184. The molecule has 1 heterocycles. The number of carbonyl (C=O) groups excluding carboxylic acids is 2. The molecular weight excluding hydrogens is 387 g/mol. The Hall–Kier alpha value is -2.24. The van der Waals surface area contributed by atoms with E-state index in [4.69, 9.17) is 27.9 Å². The molecule has 142 valence electrons. The van der Waals surface area contributed by atoms with Crippen LogP contribution in [0, 0.1) is 0 Å². The van der Waals surface area contributed by atoms with Crippen LogP contribution in [0.5, 0.6) is 5.75 Å². The van der Waals surface area contributed by atoms with E-state index in [1.54, 1.807) is 53.4 Å². The van der Waals surface area contributed by atoms with Crippen molar-refractivity contribution in [1.82, 2.24) is 10.2 Å². The van der Waals surface area contributed by atoms with Crippen molar-refractivity contribution in [3.8, 4) is 5.75 Å². The minimum Gasteiger partial charge on any atom is -0.484 e. The van der Waals surface area contributed by atoms with E-state index in [0.717, 1.165) is 0 Å². The van der Waals surface area contributed by atoms with Gasteiger partial charge in [-0.1, -0.05) is 35.3 Å². The summed E-state index contributed by atoms with van der Waals surface area (Å²) >= 11 is 11.9. The molecule has 3 rings (SSSR count). The molecule has 27 heavy (non-hydrogen) atoms. The van der Waals surface area contributed by atoms with Crippen LogP contribution in [-0.2, 0) is 4.79 Å². The minimum absolute atomic E-state index is 0.0156. The van der Waals surface area contributed by atoms with Gasteiger partial charge < -0.3 is 15.0 Å². The van der Waals surface area contributed by atoms with Crippen LogP contribution >= 0.6 is 23.2 Å². The van der Waals surface area contributed by atoms with Crippen LogP contribution < -0.4 is 10.1 Å². The second kappa shape index (κ2) is 9.11. The van der Waals surface area contributed by atoms with Gasteiger partial charge in [0, 0.05) is 24.2 Å². The molecule has 1 aliphatic heterocycles. The van der Waals surface area contributed by atoms with E-state index in [1.165, 1.54) is 0 Å².